The second-order valence-electron chi connectivity index (χ2n) is 3.54. The summed E-state index contributed by atoms with van der Waals surface area (Å²) in [7, 11) is -1.81. The molecule has 0 unspecified atom stereocenters. The van der Waals surface area contributed by atoms with Gasteiger partial charge in [0.25, 0.3) is 0 Å². The van der Waals surface area contributed by atoms with Crippen molar-refractivity contribution in [2.75, 3.05) is 31.7 Å². The van der Waals surface area contributed by atoms with Crippen LogP contribution in [0.5, 0.6) is 0 Å². The van der Waals surface area contributed by atoms with Crippen LogP contribution in [-0.2, 0) is 14.8 Å². The normalized spacial score (nSPS) is 11.7. The number of nitrogens with one attached hydrogen (secondary N) is 1. The Bertz CT molecular complexity index is 489. The van der Waals surface area contributed by atoms with Gasteiger partial charge in [0, 0.05) is 30.0 Å². The van der Waals surface area contributed by atoms with Crippen LogP contribution in [0.2, 0.25) is 0 Å². The second-order valence-corrected chi connectivity index (χ2v) is 6.45. The molecule has 0 saturated carbocycles. The molecule has 0 atom stereocenters. The summed E-state index contributed by atoms with van der Waals surface area (Å²) in [4.78, 5) is 0.990. The molecule has 0 aliphatic rings. The van der Waals surface area contributed by atoms with Gasteiger partial charge in [-0.3, -0.25) is 0 Å². The van der Waals surface area contributed by atoms with Gasteiger partial charge in [-0.05, 0) is 18.2 Å². The zero-order valence-electron chi connectivity index (χ0n) is 10.5. The fourth-order valence-electron chi connectivity index (χ4n) is 1.32. The summed E-state index contributed by atoms with van der Waals surface area (Å²) < 4.78 is 31.1. The van der Waals surface area contributed by atoms with E-state index in [1.165, 1.54) is 17.8 Å². The molecule has 3 N–H and O–H groups in total. The van der Waals surface area contributed by atoms with Gasteiger partial charge >= 0.3 is 0 Å². The third kappa shape index (κ3) is 4.16. The molecule has 0 amide bonds. The summed E-state index contributed by atoms with van der Waals surface area (Å²) in [6.07, 6.45) is 0. The van der Waals surface area contributed by atoms with Crippen molar-refractivity contribution in [3.63, 3.8) is 0 Å². The molecule has 7 heteroatoms. The van der Waals surface area contributed by atoms with E-state index in [9.17, 15) is 8.42 Å². The number of hydrogen-bond acceptors (Lipinski definition) is 5. The number of ether oxygens (including phenoxy) is 1. The minimum absolute atomic E-state index is 0.235. The molecule has 18 heavy (non-hydrogen) atoms. The lowest BCUT2D eigenvalue weighted by Gasteiger charge is -2.09. The Morgan fingerprint density at radius 1 is 1.44 bits per heavy atom. The largest absolute Gasteiger partial charge is 0.398 e. The molecular formula is C11H18N2O3S2. The second kappa shape index (κ2) is 6.98. The fourth-order valence-corrected chi connectivity index (χ4v) is 3.37. The Kier molecular flexibility index (Phi) is 5.94. The van der Waals surface area contributed by atoms with E-state index in [2.05, 4.69) is 4.72 Å². The van der Waals surface area contributed by atoms with Crippen LogP contribution >= 0.6 is 11.8 Å². The van der Waals surface area contributed by atoms with Crippen LogP contribution in [0.1, 0.15) is 6.92 Å². The van der Waals surface area contributed by atoms with Crippen LogP contribution < -0.4 is 10.5 Å². The standard InChI is InChI=1S/C11H18N2O3S2/c1-3-13-18(14,15)9-4-5-10(12)11(8-9)17-7-6-16-2/h4-5,8,13H,3,6-7,12H2,1-2H3. The first kappa shape index (κ1) is 15.3. The van der Waals surface area contributed by atoms with Crippen molar-refractivity contribution in [3.8, 4) is 0 Å². The highest BCUT2D eigenvalue weighted by atomic mass is 32.2. The number of sulfonamides is 1. The zero-order chi connectivity index (χ0) is 13.6. The third-order valence-electron chi connectivity index (χ3n) is 2.17. The zero-order valence-corrected chi connectivity index (χ0v) is 12.1. The lowest BCUT2D eigenvalue weighted by Crippen LogP contribution is -2.23. The highest BCUT2D eigenvalue weighted by Crippen LogP contribution is 2.27. The topological polar surface area (TPSA) is 81.4 Å². The van der Waals surface area contributed by atoms with Gasteiger partial charge in [-0.1, -0.05) is 6.92 Å². The number of hydrogen-bond donors (Lipinski definition) is 2. The first-order chi connectivity index (χ1) is 8.51. The van der Waals surface area contributed by atoms with E-state index in [1.54, 1.807) is 26.2 Å². The van der Waals surface area contributed by atoms with E-state index in [0.717, 1.165) is 10.6 Å². The summed E-state index contributed by atoms with van der Waals surface area (Å²) >= 11 is 1.48. The first-order valence-corrected chi connectivity index (χ1v) is 7.99. The molecule has 0 saturated heterocycles. The van der Waals surface area contributed by atoms with Crippen LogP contribution in [-0.4, -0.2) is 34.4 Å². The number of nitrogen functional groups attached to an aromatic ring is 1. The monoisotopic (exact) mass is 290 g/mol. The van der Waals surface area contributed by atoms with Gasteiger partial charge in [0.05, 0.1) is 11.5 Å². The van der Waals surface area contributed by atoms with Crippen LogP contribution in [0, 0.1) is 0 Å². The molecule has 1 rings (SSSR count). The SMILES string of the molecule is CCNS(=O)(=O)c1ccc(N)c(SCCOC)c1. The Labute approximate surface area is 112 Å². The number of rotatable bonds is 7. The Hall–Kier alpha value is -0.760. The number of methoxy groups -OCH3 is 1. The minimum Gasteiger partial charge on any atom is -0.398 e. The van der Waals surface area contributed by atoms with E-state index < -0.39 is 10.0 Å². The maximum Gasteiger partial charge on any atom is 0.240 e. The molecule has 0 aromatic heterocycles. The van der Waals surface area contributed by atoms with Crippen molar-refractivity contribution >= 4 is 27.5 Å². The Morgan fingerprint density at radius 3 is 2.78 bits per heavy atom. The minimum atomic E-state index is -3.43. The van der Waals surface area contributed by atoms with E-state index in [-0.39, 0.29) is 4.90 Å². The average Bonchev–Trinajstić information content (AvgIpc) is 2.31. The molecule has 5 nitrogen and oxygen atoms in total. The number of nitrogens with two attached hydrogens (primary N) is 1. The molecule has 0 spiro atoms. The molecule has 0 aliphatic carbocycles. The predicted octanol–water partition coefficient (Wildman–Crippen LogP) is 1.31. The molecule has 0 fully saturated rings. The first-order valence-electron chi connectivity index (χ1n) is 5.52. The van der Waals surface area contributed by atoms with E-state index in [0.29, 0.717) is 18.8 Å². The number of thioether (sulfide) groups is 1. The molecular weight excluding hydrogens is 272 g/mol. The van der Waals surface area contributed by atoms with Gasteiger partial charge in [0.2, 0.25) is 10.0 Å². The molecule has 0 bridgehead atoms. The highest BCUT2D eigenvalue weighted by molar-refractivity contribution is 7.99. The lowest BCUT2D eigenvalue weighted by atomic mass is 10.3. The maximum atomic E-state index is 11.8. The fraction of sp³-hybridized carbons (Fsp3) is 0.455. The predicted molar refractivity (Wildman–Crippen MR) is 74.3 cm³/mol. The molecule has 1 aromatic carbocycles. The van der Waals surface area contributed by atoms with Crippen LogP contribution in [0.15, 0.2) is 28.0 Å². The summed E-state index contributed by atoms with van der Waals surface area (Å²) in [5.74, 6) is 0.728. The van der Waals surface area contributed by atoms with Gasteiger partial charge in [-0.25, -0.2) is 13.1 Å². The summed E-state index contributed by atoms with van der Waals surface area (Å²) in [5.41, 5.74) is 6.39. The molecule has 1 aromatic rings. The molecule has 102 valence electrons. The van der Waals surface area contributed by atoms with Crippen molar-refractivity contribution in [1.82, 2.24) is 4.72 Å². The highest BCUT2D eigenvalue weighted by Gasteiger charge is 2.14. The van der Waals surface area contributed by atoms with Crippen LogP contribution in [0.4, 0.5) is 5.69 Å². The summed E-state index contributed by atoms with van der Waals surface area (Å²) in [5, 5.41) is 0. The summed E-state index contributed by atoms with van der Waals surface area (Å²) in [6, 6.07) is 4.71. The quantitative estimate of drug-likeness (QED) is 0.449. The van der Waals surface area contributed by atoms with E-state index >= 15 is 0 Å². The molecule has 0 aliphatic heterocycles. The maximum absolute atomic E-state index is 11.8. The van der Waals surface area contributed by atoms with Crippen molar-refractivity contribution < 1.29 is 13.2 Å². The van der Waals surface area contributed by atoms with Crippen molar-refractivity contribution in [2.24, 2.45) is 0 Å². The number of anilines is 1. The average molecular weight is 290 g/mol. The molecule has 0 radical (unpaired) electrons. The molecule has 0 heterocycles. The van der Waals surface area contributed by atoms with Gasteiger partial charge in [0.15, 0.2) is 0 Å². The smallest absolute Gasteiger partial charge is 0.240 e. The van der Waals surface area contributed by atoms with E-state index in [1.807, 2.05) is 0 Å². The van der Waals surface area contributed by atoms with Crippen LogP contribution in [0.25, 0.3) is 0 Å². The Balaban J connectivity index is 2.93. The van der Waals surface area contributed by atoms with Crippen molar-refractivity contribution in [1.29, 1.82) is 0 Å². The van der Waals surface area contributed by atoms with Gasteiger partial charge < -0.3 is 10.5 Å². The summed E-state index contributed by atoms with van der Waals surface area (Å²) in [6.45, 7) is 2.69. The van der Waals surface area contributed by atoms with Gasteiger partial charge in [-0.2, -0.15) is 0 Å². The van der Waals surface area contributed by atoms with Gasteiger partial charge in [0.1, 0.15) is 0 Å². The van der Waals surface area contributed by atoms with Gasteiger partial charge in [-0.15, -0.1) is 11.8 Å². The van der Waals surface area contributed by atoms with Crippen LogP contribution in [0.3, 0.4) is 0 Å². The number of benzene rings is 1. The van der Waals surface area contributed by atoms with E-state index in [4.69, 9.17) is 10.5 Å². The van der Waals surface area contributed by atoms with Crippen molar-refractivity contribution in [3.05, 3.63) is 18.2 Å². The van der Waals surface area contributed by atoms with Crippen molar-refractivity contribution in [2.45, 2.75) is 16.7 Å². The Morgan fingerprint density at radius 2 is 2.17 bits per heavy atom. The lowest BCUT2D eigenvalue weighted by molar-refractivity contribution is 0.218. The third-order valence-corrected chi connectivity index (χ3v) is 4.75.